The Balaban J connectivity index is 1.36. The lowest BCUT2D eigenvalue weighted by Crippen LogP contribution is -2.14. The van der Waals surface area contributed by atoms with Crippen molar-refractivity contribution in [1.29, 1.82) is 0 Å². The minimum absolute atomic E-state index is 0.516. The Bertz CT molecular complexity index is 570. The predicted molar refractivity (Wildman–Crippen MR) is 83.7 cm³/mol. The third-order valence-corrected chi connectivity index (χ3v) is 3.45. The van der Waals surface area contributed by atoms with Crippen LogP contribution in [0.15, 0.2) is 53.2 Å². The molecule has 0 atom stereocenters. The van der Waals surface area contributed by atoms with E-state index in [0.29, 0.717) is 13.2 Å². The molecule has 0 amide bonds. The van der Waals surface area contributed by atoms with Crippen LogP contribution >= 0.6 is 0 Å². The van der Waals surface area contributed by atoms with Gasteiger partial charge in [0, 0.05) is 18.2 Å². The molecule has 3 nitrogen and oxygen atoms in total. The van der Waals surface area contributed by atoms with Gasteiger partial charge in [0.15, 0.2) is 0 Å². The molecule has 0 spiro atoms. The van der Waals surface area contributed by atoms with Crippen LogP contribution in [0.3, 0.4) is 0 Å². The summed E-state index contributed by atoms with van der Waals surface area (Å²) in [5, 5.41) is 3.47. The molecule has 3 rings (SSSR count). The Morgan fingerprint density at radius 1 is 1.24 bits per heavy atom. The summed E-state index contributed by atoms with van der Waals surface area (Å²) in [6.45, 7) is 2.00. The van der Waals surface area contributed by atoms with Gasteiger partial charge >= 0.3 is 0 Å². The highest BCUT2D eigenvalue weighted by Crippen LogP contribution is 2.19. The minimum Gasteiger partial charge on any atom is -0.467 e. The Labute approximate surface area is 125 Å². The number of rotatable bonds is 8. The SMILES string of the molecule is C(=Cc1ccccc1)COCc1cc(CNC2CC2)co1. The lowest BCUT2D eigenvalue weighted by Gasteiger charge is -1.98. The molecule has 0 unspecified atom stereocenters. The van der Waals surface area contributed by atoms with Crippen LogP contribution in [0, 0.1) is 0 Å². The largest absolute Gasteiger partial charge is 0.467 e. The van der Waals surface area contributed by atoms with Gasteiger partial charge in [-0.2, -0.15) is 0 Å². The van der Waals surface area contributed by atoms with E-state index in [0.717, 1.165) is 18.3 Å². The molecule has 1 aliphatic rings. The zero-order valence-electron chi connectivity index (χ0n) is 12.1. The monoisotopic (exact) mass is 283 g/mol. The van der Waals surface area contributed by atoms with Gasteiger partial charge in [-0.25, -0.2) is 0 Å². The lowest BCUT2D eigenvalue weighted by molar-refractivity contribution is 0.132. The molecule has 1 saturated carbocycles. The fraction of sp³-hybridized carbons (Fsp3) is 0.333. The third kappa shape index (κ3) is 4.88. The van der Waals surface area contributed by atoms with Gasteiger partial charge in [0.05, 0.1) is 12.9 Å². The van der Waals surface area contributed by atoms with Crippen LogP contribution in [-0.2, 0) is 17.9 Å². The van der Waals surface area contributed by atoms with Crippen LogP contribution in [-0.4, -0.2) is 12.6 Å². The van der Waals surface area contributed by atoms with Crippen molar-refractivity contribution >= 4 is 6.08 Å². The summed E-state index contributed by atoms with van der Waals surface area (Å²) in [5.74, 6) is 0.885. The zero-order chi connectivity index (χ0) is 14.3. The van der Waals surface area contributed by atoms with Gasteiger partial charge in [-0.3, -0.25) is 0 Å². The standard InChI is InChI=1S/C18H21NO2/c1-2-5-15(6-3-1)7-4-10-20-14-18-11-16(13-21-18)12-19-17-8-9-17/h1-7,11,13,17,19H,8-10,12,14H2. The first-order valence-corrected chi connectivity index (χ1v) is 7.49. The molecule has 0 bridgehead atoms. The number of nitrogens with one attached hydrogen (secondary N) is 1. The van der Waals surface area contributed by atoms with Crippen LogP contribution in [0.4, 0.5) is 0 Å². The van der Waals surface area contributed by atoms with Crippen LogP contribution in [0.25, 0.3) is 6.08 Å². The second-order valence-electron chi connectivity index (χ2n) is 5.40. The maximum absolute atomic E-state index is 5.59. The number of furan rings is 1. The normalized spacial score (nSPS) is 14.9. The van der Waals surface area contributed by atoms with E-state index >= 15 is 0 Å². The summed E-state index contributed by atoms with van der Waals surface area (Å²) in [6.07, 6.45) is 8.51. The molecule has 1 heterocycles. The minimum atomic E-state index is 0.516. The molecular weight excluding hydrogens is 262 g/mol. The van der Waals surface area contributed by atoms with Crippen molar-refractivity contribution in [3.63, 3.8) is 0 Å². The van der Waals surface area contributed by atoms with Gasteiger partial charge in [0.1, 0.15) is 12.4 Å². The second kappa shape index (κ2) is 7.25. The van der Waals surface area contributed by atoms with Gasteiger partial charge in [-0.15, -0.1) is 0 Å². The van der Waals surface area contributed by atoms with Crippen molar-refractivity contribution in [2.24, 2.45) is 0 Å². The van der Waals surface area contributed by atoms with E-state index in [1.54, 1.807) is 0 Å². The molecule has 1 aromatic carbocycles. The molecule has 110 valence electrons. The maximum Gasteiger partial charge on any atom is 0.129 e. The Morgan fingerprint density at radius 3 is 2.90 bits per heavy atom. The summed E-state index contributed by atoms with van der Waals surface area (Å²) in [5.41, 5.74) is 2.38. The van der Waals surface area contributed by atoms with Crippen molar-refractivity contribution in [3.8, 4) is 0 Å². The molecule has 1 aliphatic carbocycles. The average Bonchev–Trinajstić information content (AvgIpc) is 3.25. The van der Waals surface area contributed by atoms with Crippen LogP contribution in [0.5, 0.6) is 0 Å². The molecule has 1 N–H and O–H groups in total. The fourth-order valence-electron chi connectivity index (χ4n) is 2.12. The molecule has 0 saturated heterocycles. The number of benzene rings is 1. The van der Waals surface area contributed by atoms with Crippen LogP contribution < -0.4 is 5.32 Å². The second-order valence-corrected chi connectivity index (χ2v) is 5.40. The molecule has 1 fully saturated rings. The number of ether oxygens (including phenoxy) is 1. The van der Waals surface area contributed by atoms with E-state index in [1.165, 1.54) is 24.0 Å². The molecule has 1 aromatic heterocycles. The first kappa shape index (κ1) is 14.1. The summed E-state index contributed by atoms with van der Waals surface area (Å²) in [6, 6.07) is 13.0. The molecular formula is C18H21NO2. The van der Waals surface area contributed by atoms with Gasteiger partial charge in [-0.1, -0.05) is 42.5 Å². The molecule has 21 heavy (non-hydrogen) atoms. The van der Waals surface area contributed by atoms with E-state index in [4.69, 9.17) is 9.15 Å². The lowest BCUT2D eigenvalue weighted by atomic mass is 10.2. The van der Waals surface area contributed by atoms with Crippen molar-refractivity contribution in [2.75, 3.05) is 6.61 Å². The quantitative estimate of drug-likeness (QED) is 0.749. The highest BCUT2D eigenvalue weighted by atomic mass is 16.5. The van der Waals surface area contributed by atoms with E-state index in [1.807, 2.05) is 30.5 Å². The van der Waals surface area contributed by atoms with Crippen molar-refractivity contribution in [1.82, 2.24) is 5.32 Å². The molecule has 3 heteroatoms. The number of hydrogen-bond acceptors (Lipinski definition) is 3. The summed E-state index contributed by atoms with van der Waals surface area (Å²) >= 11 is 0. The molecule has 0 radical (unpaired) electrons. The Kier molecular flexibility index (Phi) is 4.87. The zero-order valence-corrected chi connectivity index (χ0v) is 12.1. The van der Waals surface area contributed by atoms with E-state index in [2.05, 4.69) is 29.6 Å². The van der Waals surface area contributed by atoms with Gasteiger partial charge in [-0.05, 0) is 24.5 Å². The first-order valence-electron chi connectivity index (χ1n) is 7.49. The first-order chi connectivity index (χ1) is 10.4. The van der Waals surface area contributed by atoms with Gasteiger partial charge in [0.2, 0.25) is 0 Å². The van der Waals surface area contributed by atoms with E-state index in [9.17, 15) is 0 Å². The Morgan fingerprint density at radius 2 is 2.10 bits per heavy atom. The van der Waals surface area contributed by atoms with Crippen molar-refractivity contribution in [2.45, 2.75) is 32.0 Å². The predicted octanol–water partition coefficient (Wildman–Crippen LogP) is 3.76. The van der Waals surface area contributed by atoms with Crippen molar-refractivity contribution in [3.05, 3.63) is 65.6 Å². The smallest absolute Gasteiger partial charge is 0.129 e. The fourth-order valence-corrected chi connectivity index (χ4v) is 2.12. The van der Waals surface area contributed by atoms with Crippen LogP contribution in [0.2, 0.25) is 0 Å². The topological polar surface area (TPSA) is 34.4 Å². The number of hydrogen-bond donors (Lipinski definition) is 1. The van der Waals surface area contributed by atoms with Crippen LogP contribution in [0.1, 0.15) is 29.7 Å². The average molecular weight is 283 g/mol. The molecule has 0 aliphatic heterocycles. The Hall–Kier alpha value is -1.84. The van der Waals surface area contributed by atoms with E-state index in [-0.39, 0.29) is 0 Å². The van der Waals surface area contributed by atoms with Gasteiger partial charge < -0.3 is 14.5 Å². The van der Waals surface area contributed by atoms with E-state index < -0.39 is 0 Å². The third-order valence-electron chi connectivity index (χ3n) is 3.45. The summed E-state index contributed by atoms with van der Waals surface area (Å²) in [4.78, 5) is 0. The highest BCUT2D eigenvalue weighted by Gasteiger charge is 2.20. The van der Waals surface area contributed by atoms with Gasteiger partial charge in [0.25, 0.3) is 0 Å². The maximum atomic E-state index is 5.59. The summed E-state index contributed by atoms with van der Waals surface area (Å²) in [7, 11) is 0. The highest BCUT2D eigenvalue weighted by molar-refractivity contribution is 5.48. The van der Waals surface area contributed by atoms with Crippen molar-refractivity contribution < 1.29 is 9.15 Å². The summed E-state index contributed by atoms with van der Waals surface area (Å²) < 4.78 is 11.1. The molecule has 2 aromatic rings.